The molecular weight excluding hydrogens is 460 g/mol. The maximum absolute atomic E-state index is 10.8. The van der Waals surface area contributed by atoms with Gasteiger partial charge in [0, 0.05) is 11.8 Å². The lowest BCUT2D eigenvalue weighted by atomic mass is 9.90. The Kier molecular flexibility index (Phi) is 9.64. The van der Waals surface area contributed by atoms with E-state index in [9.17, 15) is 40.9 Å². The maximum atomic E-state index is 10.8. The number of aliphatic hydroxyl groups excluding tert-OH is 8. The second-order valence-corrected chi connectivity index (χ2v) is 9.30. The molecule has 0 aromatic rings. The highest BCUT2D eigenvalue weighted by molar-refractivity contribution is 4.95. The van der Waals surface area contributed by atoms with Crippen LogP contribution in [-0.2, 0) is 23.7 Å². The van der Waals surface area contributed by atoms with Crippen molar-refractivity contribution in [3.05, 3.63) is 0 Å². The van der Waals surface area contributed by atoms with Crippen molar-refractivity contribution in [2.45, 2.75) is 107 Å². The zero-order chi connectivity index (χ0) is 25.3. The van der Waals surface area contributed by atoms with Gasteiger partial charge in [-0.25, -0.2) is 0 Å². The minimum absolute atomic E-state index is 0.378. The van der Waals surface area contributed by atoms with Crippen molar-refractivity contribution < 1.29 is 64.5 Å². The molecule has 0 aromatic heterocycles. The first-order valence-corrected chi connectivity index (χ1v) is 11.6. The fourth-order valence-corrected chi connectivity index (χ4v) is 4.58. The standard InChI is InChI=1S/C21H38O13/c1-4-9-17(13(25)7(2)19(29)30-9)34-21-16(28)15(27)18(11(6-23)32-21)33-20-8(3)12(24)14(26)10(5-22)31-20/h7-29H,4-6H2,1-3H3. The third-order valence-electron chi connectivity index (χ3n) is 7.00. The Hall–Kier alpha value is -0.520. The van der Waals surface area contributed by atoms with Gasteiger partial charge >= 0.3 is 0 Å². The third-order valence-corrected chi connectivity index (χ3v) is 7.00. The van der Waals surface area contributed by atoms with E-state index in [1.54, 1.807) is 13.8 Å². The minimum Gasteiger partial charge on any atom is -0.394 e. The van der Waals surface area contributed by atoms with Crippen LogP contribution in [-0.4, -0.2) is 134 Å². The van der Waals surface area contributed by atoms with Gasteiger partial charge in [-0.1, -0.05) is 20.8 Å². The molecule has 200 valence electrons. The van der Waals surface area contributed by atoms with Crippen LogP contribution < -0.4 is 0 Å². The summed E-state index contributed by atoms with van der Waals surface area (Å²) in [5, 5.41) is 81.5. The monoisotopic (exact) mass is 498 g/mol. The smallest absolute Gasteiger partial charge is 0.187 e. The average molecular weight is 499 g/mol. The molecule has 3 aliphatic heterocycles. The van der Waals surface area contributed by atoms with Gasteiger partial charge in [0.1, 0.15) is 42.7 Å². The molecule has 3 saturated heterocycles. The summed E-state index contributed by atoms with van der Waals surface area (Å²) < 4.78 is 28.2. The zero-order valence-electron chi connectivity index (χ0n) is 19.4. The molecular formula is C21H38O13. The minimum atomic E-state index is -1.66. The molecule has 0 aromatic carbocycles. The van der Waals surface area contributed by atoms with Gasteiger partial charge in [-0.05, 0) is 6.42 Å². The van der Waals surface area contributed by atoms with Crippen LogP contribution in [0.2, 0.25) is 0 Å². The Bertz CT molecular complexity index is 634. The molecule has 0 aliphatic carbocycles. The number of hydrogen-bond donors (Lipinski definition) is 8. The van der Waals surface area contributed by atoms with Crippen molar-refractivity contribution in [1.29, 1.82) is 0 Å². The van der Waals surface area contributed by atoms with Gasteiger partial charge in [0.2, 0.25) is 0 Å². The molecule has 13 heteroatoms. The molecule has 13 nitrogen and oxygen atoms in total. The highest BCUT2D eigenvalue weighted by Crippen LogP contribution is 2.34. The van der Waals surface area contributed by atoms with Crippen molar-refractivity contribution in [3.63, 3.8) is 0 Å². The van der Waals surface area contributed by atoms with E-state index in [0.29, 0.717) is 6.42 Å². The lowest BCUT2D eigenvalue weighted by Gasteiger charge is -2.48. The van der Waals surface area contributed by atoms with E-state index in [2.05, 4.69) is 0 Å². The summed E-state index contributed by atoms with van der Waals surface area (Å²) >= 11 is 0. The highest BCUT2D eigenvalue weighted by atomic mass is 16.7. The molecule has 15 atom stereocenters. The van der Waals surface area contributed by atoms with E-state index >= 15 is 0 Å². The van der Waals surface area contributed by atoms with Gasteiger partial charge in [-0.15, -0.1) is 0 Å². The Labute approximate surface area is 197 Å². The van der Waals surface area contributed by atoms with Crippen molar-refractivity contribution in [3.8, 4) is 0 Å². The Morgan fingerprint density at radius 3 is 1.74 bits per heavy atom. The first-order valence-electron chi connectivity index (χ1n) is 11.6. The van der Waals surface area contributed by atoms with Crippen molar-refractivity contribution in [2.24, 2.45) is 11.8 Å². The van der Waals surface area contributed by atoms with Crippen LogP contribution in [0.3, 0.4) is 0 Å². The molecule has 0 amide bonds. The number of aliphatic hydroxyl groups is 8. The number of ether oxygens (including phenoxy) is 5. The number of hydrogen-bond acceptors (Lipinski definition) is 13. The van der Waals surface area contributed by atoms with E-state index in [4.69, 9.17) is 23.7 Å². The second kappa shape index (κ2) is 11.7. The molecule has 3 rings (SSSR count). The van der Waals surface area contributed by atoms with Gasteiger partial charge in [0.15, 0.2) is 18.9 Å². The van der Waals surface area contributed by atoms with E-state index in [0.717, 1.165) is 0 Å². The summed E-state index contributed by atoms with van der Waals surface area (Å²) in [6.07, 6.45) is -15.9. The molecule has 3 heterocycles. The average Bonchev–Trinajstić information content (AvgIpc) is 2.83. The van der Waals surface area contributed by atoms with Crippen LogP contribution in [0.25, 0.3) is 0 Å². The largest absolute Gasteiger partial charge is 0.394 e. The molecule has 0 spiro atoms. The molecule has 15 unspecified atom stereocenters. The SMILES string of the molecule is CCC1OC(O)C(C)C(O)C1OC1OC(CO)C(OC2OC(CO)C(O)C(O)C2C)C(O)C1O. The van der Waals surface area contributed by atoms with E-state index in [-0.39, 0.29) is 0 Å². The van der Waals surface area contributed by atoms with E-state index in [1.165, 1.54) is 6.92 Å². The zero-order valence-corrected chi connectivity index (χ0v) is 19.4. The lowest BCUT2D eigenvalue weighted by Crippen LogP contribution is -2.65. The summed E-state index contributed by atoms with van der Waals surface area (Å²) in [5.74, 6) is -1.46. The van der Waals surface area contributed by atoms with Crippen molar-refractivity contribution in [1.82, 2.24) is 0 Å². The highest BCUT2D eigenvalue weighted by Gasteiger charge is 2.52. The molecule has 3 fully saturated rings. The predicted octanol–water partition coefficient (Wildman–Crippen LogP) is -3.60. The van der Waals surface area contributed by atoms with Gasteiger partial charge in [-0.2, -0.15) is 0 Å². The third kappa shape index (κ3) is 5.42. The summed E-state index contributed by atoms with van der Waals surface area (Å²) in [7, 11) is 0. The topological polar surface area (TPSA) is 208 Å². The first kappa shape index (κ1) is 28.1. The van der Waals surface area contributed by atoms with Crippen LogP contribution in [0.4, 0.5) is 0 Å². The molecule has 3 aliphatic rings. The Morgan fingerprint density at radius 2 is 1.15 bits per heavy atom. The van der Waals surface area contributed by atoms with E-state index in [1.807, 2.05) is 0 Å². The van der Waals surface area contributed by atoms with E-state index < -0.39 is 105 Å². The van der Waals surface area contributed by atoms with Crippen LogP contribution >= 0.6 is 0 Å². The van der Waals surface area contributed by atoms with Gasteiger partial charge in [0.25, 0.3) is 0 Å². The normalized spacial score (nSPS) is 52.5. The molecule has 8 N–H and O–H groups in total. The van der Waals surface area contributed by atoms with Crippen molar-refractivity contribution >= 4 is 0 Å². The van der Waals surface area contributed by atoms with Crippen LogP contribution in [0.15, 0.2) is 0 Å². The molecule has 0 saturated carbocycles. The lowest BCUT2D eigenvalue weighted by molar-refractivity contribution is -0.371. The fraction of sp³-hybridized carbons (Fsp3) is 1.00. The summed E-state index contributed by atoms with van der Waals surface area (Å²) in [4.78, 5) is 0. The molecule has 0 radical (unpaired) electrons. The molecule has 0 bridgehead atoms. The van der Waals surface area contributed by atoms with Gasteiger partial charge in [-0.3, -0.25) is 0 Å². The van der Waals surface area contributed by atoms with Crippen LogP contribution in [0, 0.1) is 11.8 Å². The molecule has 34 heavy (non-hydrogen) atoms. The van der Waals surface area contributed by atoms with Crippen LogP contribution in [0.1, 0.15) is 27.2 Å². The summed E-state index contributed by atoms with van der Waals surface area (Å²) in [6, 6.07) is 0. The van der Waals surface area contributed by atoms with Crippen molar-refractivity contribution in [2.75, 3.05) is 13.2 Å². The first-order chi connectivity index (χ1) is 16.0. The Balaban J connectivity index is 1.72. The fourth-order valence-electron chi connectivity index (χ4n) is 4.58. The predicted molar refractivity (Wildman–Crippen MR) is 111 cm³/mol. The second-order valence-electron chi connectivity index (χ2n) is 9.30. The summed E-state index contributed by atoms with van der Waals surface area (Å²) in [5.41, 5.74) is 0. The quantitative estimate of drug-likeness (QED) is 0.171. The van der Waals surface area contributed by atoms with Gasteiger partial charge < -0.3 is 64.5 Å². The maximum Gasteiger partial charge on any atom is 0.187 e. The Morgan fingerprint density at radius 1 is 0.588 bits per heavy atom. The van der Waals surface area contributed by atoms with Gasteiger partial charge in [0.05, 0.1) is 31.5 Å². The number of rotatable bonds is 7. The van der Waals surface area contributed by atoms with Crippen LogP contribution in [0.5, 0.6) is 0 Å². The summed E-state index contributed by atoms with van der Waals surface area (Å²) in [6.45, 7) is 3.64.